The van der Waals surface area contributed by atoms with Crippen LogP contribution in [0.3, 0.4) is 0 Å². The molecule has 2 nitrogen and oxygen atoms in total. The fourth-order valence-electron chi connectivity index (χ4n) is 2.41. The number of benzene rings is 1. The zero-order chi connectivity index (χ0) is 14.0. The molecule has 2 heteroatoms. The van der Waals surface area contributed by atoms with Gasteiger partial charge in [0, 0.05) is 5.39 Å². The highest BCUT2D eigenvalue weighted by Crippen LogP contribution is 2.32. The maximum atomic E-state index is 5.95. The average Bonchev–Trinajstić information content (AvgIpc) is 2.82. The first-order valence-corrected chi connectivity index (χ1v) is 7.23. The maximum absolute atomic E-state index is 5.95. The summed E-state index contributed by atoms with van der Waals surface area (Å²) in [7, 11) is 1.98. The van der Waals surface area contributed by atoms with E-state index in [4.69, 9.17) is 4.42 Å². The minimum atomic E-state index is 0.221. The molecule has 104 valence electrons. The maximum Gasteiger partial charge on any atom is 0.134 e. The lowest BCUT2D eigenvalue weighted by Crippen LogP contribution is -2.14. The minimum absolute atomic E-state index is 0.221. The van der Waals surface area contributed by atoms with Crippen LogP contribution in [0.15, 0.2) is 28.7 Å². The van der Waals surface area contributed by atoms with E-state index in [1.807, 2.05) is 7.05 Å². The molecule has 0 spiro atoms. The second kappa shape index (κ2) is 5.38. The van der Waals surface area contributed by atoms with E-state index in [0.29, 0.717) is 6.04 Å². The van der Waals surface area contributed by atoms with Crippen molar-refractivity contribution in [1.82, 2.24) is 5.32 Å². The average molecular weight is 259 g/mol. The van der Waals surface area contributed by atoms with Gasteiger partial charge in [0.25, 0.3) is 0 Å². The molecule has 0 amide bonds. The van der Waals surface area contributed by atoms with Crippen molar-refractivity contribution < 1.29 is 4.42 Å². The Morgan fingerprint density at radius 3 is 2.53 bits per heavy atom. The molecule has 1 N–H and O–H groups in total. The van der Waals surface area contributed by atoms with Crippen molar-refractivity contribution in [2.45, 2.75) is 52.0 Å². The van der Waals surface area contributed by atoms with E-state index >= 15 is 0 Å². The second-order valence-corrected chi connectivity index (χ2v) is 5.89. The molecule has 1 atom stereocenters. The minimum Gasteiger partial charge on any atom is -0.459 e. The molecule has 0 radical (unpaired) electrons. The summed E-state index contributed by atoms with van der Waals surface area (Å²) in [5.74, 6) is 1.03. The molecule has 1 heterocycles. The highest BCUT2D eigenvalue weighted by atomic mass is 16.3. The third-order valence-corrected chi connectivity index (χ3v) is 4.30. The van der Waals surface area contributed by atoms with Gasteiger partial charge in [-0.2, -0.15) is 0 Å². The van der Waals surface area contributed by atoms with Gasteiger partial charge in [0.1, 0.15) is 11.3 Å². The Hall–Kier alpha value is -1.28. The first-order valence-electron chi connectivity index (χ1n) is 7.23. The van der Waals surface area contributed by atoms with Crippen LogP contribution in [0, 0.1) is 0 Å². The van der Waals surface area contributed by atoms with Crippen LogP contribution in [0.5, 0.6) is 0 Å². The smallest absolute Gasteiger partial charge is 0.134 e. The molecule has 0 saturated heterocycles. The van der Waals surface area contributed by atoms with Crippen molar-refractivity contribution in [2.24, 2.45) is 0 Å². The molecule has 0 aliphatic carbocycles. The second-order valence-electron chi connectivity index (χ2n) is 5.89. The third kappa shape index (κ3) is 2.69. The summed E-state index contributed by atoms with van der Waals surface area (Å²) in [5, 5.41) is 4.50. The summed E-state index contributed by atoms with van der Waals surface area (Å²) in [4.78, 5) is 0. The quantitative estimate of drug-likeness (QED) is 0.835. The van der Waals surface area contributed by atoms with Gasteiger partial charge in [-0.1, -0.05) is 33.8 Å². The van der Waals surface area contributed by atoms with Gasteiger partial charge >= 0.3 is 0 Å². The van der Waals surface area contributed by atoms with E-state index < -0.39 is 0 Å². The van der Waals surface area contributed by atoms with Gasteiger partial charge in [0.05, 0.1) is 6.04 Å². The Morgan fingerprint density at radius 1 is 1.21 bits per heavy atom. The van der Waals surface area contributed by atoms with E-state index in [1.165, 1.54) is 10.9 Å². The van der Waals surface area contributed by atoms with Gasteiger partial charge < -0.3 is 9.73 Å². The standard InChI is InChI=1S/C17H25NO/c1-6-14(18-5)16-11-12-10-13(17(3,4)7-2)8-9-15(12)19-16/h8-11,14,18H,6-7H2,1-5H3. The zero-order valence-corrected chi connectivity index (χ0v) is 12.7. The highest BCUT2D eigenvalue weighted by molar-refractivity contribution is 5.79. The lowest BCUT2D eigenvalue weighted by atomic mass is 9.82. The van der Waals surface area contributed by atoms with E-state index in [-0.39, 0.29) is 5.41 Å². The summed E-state index contributed by atoms with van der Waals surface area (Å²) in [6.45, 7) is 8.98. The van der Waals surface area contributed by atoms with Gasteiger partial charge in [-0.15, -0.1) is 0 Å². The summed E-state index contributed by atoms with van der Waals surface area (Å²) in [5.41, 5.74) is 2.59. The number of hydrogen-bond acceptors (Lipinski definition) is 2. The van der Waals surface area contributed by atoms with E-state index in [0.717, 1.165) is 24.2 Å². The van der Waals surface area contributed by atoms with Crippen LogP contribution in [0.4, 0.5) is 0 Å². The number of hydrogen-bond donors (Lipinski definition) is 1. The van der Waals surface area contributed by atoms with Gasteiger partial charge in [0.15, 0.2) is 0 Å². The fourth-order valence-corrected chi connectivity index (χ4v) is 2.41. The topological polar surface area (TPSA) is 25.2 Å². The van der Waals surface area contributed by atoms with Crippen LogP contribution in [0.25, 0.3) is 11.0 Å². The lowest BCUT2D eigenvalue weighted by Gasteiger charge is -2.23. The third-order valence-electron chi connectivity index (χ3n) is 4.30. The Balaban J connectivity index is 2.44. The predicted molar refractivity (Wildman–Crippen MR) is 81.6 cm³/mol. The molecule has 0 bridgehead atoms. The van der Waals surface area contributed by atoms with Crippen LogP contribution in [0.1, 0.15) is 57.9 Å². The number of nitrogens with one attached hydrogen (secondary N) is 1. The molecular formula is C17H25NO. The molecule has 1 unspecified atom stereocenters. The summed E-state index contributed by atoms with van der Waals surface area (Å²) >= 11 is 0. The van der Waals surface area contributed by atoms with Crippen LogP contribution >= 0.6 is 0 Å². The SMILES string of the molecule is CCC(NC)c1cc2cc(C(C)(C)CC)ccc2o1. The monoisotopic (exact) mass is 259 g/mol. The van der Waals surface area contributed by atoms with Gasteiger partial charge in [0.2, 0.25) is 0 Å². The molecule has 1 aromatic heterocycles. The largest absolute Gasteiger partial charge is 0.459 e. The van der Waals surface area contributed by atoms with Crippen LogP contribution in [0.2, 0.25) is 0 Å². The molecule has 2 aromatic rings. The van der Waals surface area contributed by atoms with Crippen molar-refractivity contribution in [2.75, 3.05) is 7.05 Å². The summed E-state index contributed by atoms with van der Waals surface area (Å²) in [6.07, 6.45) is 2.17. The van der Waals surface area contributed by atoms with Crippen molar-refractivity contribution in [3.63, 3.8) is 0 Å². The van der Waals surface area contributed by atoms with Crippen LogP contribution in [-0.2, 0) is 5.41 Å². The molecule has 2 rings (SSSR count). The summed E-state index contributed by atoms with van der Waals surface area (Å²) in [6, 6.07) is 9.05. The Kier molecular flexibility index (Phi) is 4.00. The Labute approximate surface area is 116 Å². The zero-order valence-electron chi connectivity index (χ0n) is 12.7. The lowest BCUT2D eigenvalue weighted by molar-refractivity contribution is 0.444. The first-order chi connectivity index (χ1) is 9.01. The molecule has 0 saturated carbocycles. The Bertz CT molecular complexity index is 549. The van der Waals surface area contributed by atoms with E-state index in [1.54, 1.807) is 0 Å². The van der Waals surface area contributed by atoms with Gasteiger partial charge in [-0.3, -0.25) is 0 Å². The highest BCUT2D eigenvalue weighted by Gasteiger charge is 2.19. The fraction of sp³-hybridized carbons (Fsp3) is 0.529. The Morgan fingerprint density at radius 2 is 1.95 bits per heavy atom. The van der Waals surface area contributed by atoms with Crippen molar-refractivity contribution in [3.05, 3.63) is 35.6 Å². The van der Waals surface area contributed by atoms with E-state index in [2.05, 4.69) is 57.3 Å². The normalized spacial score (nSPS) is 13.9. The molecular weight excluding hydrogens is 234 g/mol. The van der Waals surface area contributed by atoms with Gasteiger partial charge in [-0.05, 0) is 49.1 Å². The predicted octanol–water partition coefficient (Wildman–Crippen LogP) is 4.79. The number of fused-ring (bicyclic) bond motifs is 1. The van der Waals surface area contributed by atoms with Crippen molar-refractivity contribution in [1.29, 1.82) is 0 Å². The number of furan rings is 1. The summed E-state index contributed by atoms with van der Waals surface area (Å²) < 4.78 is 5.95. The molecule has 0 aliphatic heterocycles. The van der Waals surface area contributed by atoms with E-state index in [9.17, 15) is 0 Å². The molecule has 0 fully saturated rings. The van der Waals surface area contributed by atoms with Crippen LogP contribution in [-0.4, -0.2) is 7.05 Å². The van der Waals surface area contributed by atoms with Gasteiger partial charge in [-0.25, -0.2) is 0 Å². The van der Waals surface area contributed by atoms with Crippen molar-refractivity contribution in [3.8, 4) is 0 Å². The van der Waals surface area contributed by atoms with Crippen molar-refractivity contribution >= 4 is 11.0 Å². The first kappa shape index (κ1) is 14.1. The number of rotatable bonds is 5. The molecule has 19 heavy (non-hydrogen) atoms. The molecule has 1 aromatic carbocycles. The molecule has 0 aliphatic rings. The van der Waals surface area contributed by atoms with Crippen LogP contribution < -0.4 is 5.32 Å².